The van der Waals surface area contributed by atoms with Gasteiger partial charge in [-0.2, -0.15) is 0 Å². The number of fused-ring (bicyclic) bond motifs is 7. The largest absolute Gasteiger partial charge is 0.467 e. The Morgan fingerprint density at radius 2 is 1.24 bits per heavy atom. The molecule has 68 heavy (non-hydrogen) atoms. The minimum Gasteiger partial charge on any atom is -0.467 e. The highest BCUT2D eigenvalue weighted by Gasteiger charge is 2.70. The van der Waals surface area contributed by atoms with Gasteiger partial charge in [-0.05, 0) is 109 Å². The van der Waals surface area contributed by atoms with Crippen LogP contribution in [0.2, 0.25) is 0 Å². The molecule has 0 aromatic rings. The highest BCUT2D eigenvalue weighted by molar-refractivity contribution is 5.79. The van der Waals surface area contributed by atoms with Gasteiger partial charge in [-0.25, -0.2) is 4.79 Å². The lowest BCUT2D eigenvalue weighted by Gasteiger charge is -2.71. The van der Waals surface area contributed by atoms with Gasteiger partial charge < -0.3 is 84.2 Å². The molecule has 10 N–H and O–H groups in total. The topological polar surface area (TPSA) is 301 Å². The third kappa shape index (κ3) is 8.13. The number of aliphatic hydroxyl groups is 10. The summed E-state index contributed by atoms with van der Waals surface area (Å²) in [5, 5.41) is 106. The first-order valence-electron chi connectivity index (χ1n) is 24.7. The number of aliphatic hydroxyl groups excluding tert-OH is 10. The number of rotatable bonds is 9. The van der Waals surface area contributed by atoms with Gasteiger partial charge in [0.1, 0.15) is 67.1 Å². The second-order valence-electron chi connectivity index (χ2n) is 23.7. The van der Waals surface area contributed by atoms with Gasteiger partial charge in [0.15, 0.2) is 18.7 Å². The van der Waals surface area contributed by atoms with E-state index in [-0.39, 0.29) is 39.4 Å². The molecule has 3 heterocycles. The van der Waals surface area contributed by atoms with E-state index in [0.29, 0.717) is 19.3 Å². The number of hydrogen-bond donors (Lipinski definition) is 10. The Labute approximate surface area is 398 Å². The molecular weight excluding hydrogens is 893 g/mol. The van der Waals surface area contributed by atoms with Crippen molar-refractivity contribution in [3.05, 3.63) is 11.6 Å². The minimum absolute atomic E-state index is 0.0723. The van der Waals surface area contributed by atoms with Crippen LogP contribution < -0.4 is 0 Å². The second-order valence-corrected chi connectivity index (χ2v) is 23.7. The standard InChI is InChI=1S/C49H78O19/c1-44(2)15-17-49(43(61)68-41-34(57)32(55)30(53)25(21-51)64-41)18-16-47(6)22(23(49)19-44)9-10-27-46(5)13-12-28(45(3,4)26(46)11-14-48(27,47)7)65-42-36(59)37(35(58)38(67-42)39(60)62-8)66-40-33(56)31(54)29(52)24(20-50)63-40/h9,23-38,40-42,50-59H,10-21H2,1-8H3/t23-,24+,25+,26-,27+,28-,29-,30+,31-,32-,33+,34+,35-,36+,37-,38-,40-,41-,42+,46-,47+,48+,49-/m0/s1. The average Bonchev–Trinajstić information content (AvgIpc) is 3.29. The fraction of sp³-hybridized carbons (Fsp3) is 0.918. The molecule has 5 aliphatic carbocycles. The summed E-state index contributed by atoms with van der Waals surface area (Å²) in [5.74, 6) is -1.27. The Bertz CT molecular complexity index is 1890. The number of ether oxygens (including phenoxy) is 7. The Kier molecular flexibility index (Phi) is 14.3. The summed E-state index contributed by atoms with van der Waals surface area (Å²) in [6.07, 6.45) is -15.5. The third-order valence-electron chi connectivity index (χ3n) is 19.5. The lowest BCUT2D eigenvalue weighted by molar-refractivity contribution is -0.365. The second kappa shape index (κ2) is 18.5. The Balaban J connectivity index is 1.03. The van der Waals surface area contributed by atoms with Gasteiger partial charge in [-0.3, -0.25) is 4.79 Å². The first-order chi connectivity index (χ1) is 31.8. The lowest BCUT2D eigenvalue weighted by Crippen LogP contribution is -2.67. The van der Waals surface area contributed by atoms with E-state index in [0.717, 1.165) is 52.1 Å². The van der Waals surface area contributed by atoms with Crippen molar-refractivity contribution in [2.45, 2.75) is 211 Å². The molecule has 7 fully saturated rings. The maximum absolute atomic E-state index is 14.7. The zero-order chi connectivity index (χ0) is 49.8. The van der Waals surface area contributed by atoms with E-state index in [9.17, 15) is 60.7 Å². The summed E-state index contributed by atoms with van der Waals surface area (Å²) in [6.45, 7) is 14.6. The first-order valence-corrected chi connectivity index (χ1v) is 24.7. The van der Waals surface area contributed by atoms with Crippen LogP contribution >= 0.6 is 0 Å². The zero-order valence-corrected chi connectivity index (χ0v) is 40.7. The maximum Gasteiger partial charge on any atom is 0.337 e. The number of allylic oxidation sites excluding steroid dienone is 2. The molecule has 19 nitrogen and oxygen atoms in total. The normalized spacial score (nSPS) is 52.0. The van der Waals surface area contributed by atoms with Crippen molar-refractivity contribution >= 4 is 11.9 Å². The number of methoxy groups -OCH3 is 1. The summed E-state index contributed by atoms with van der Waals surface area (Å²) in [7, 11) is 1.11. The maximum atomic E-state index is 14.7. The fourth-order valence-corrected chi connectivity index (χ4v) is 15.1. The molecule has 0 unspecified atom stereocenters. The van der Waals surface area contributed by atoms with E-state index < -0.39 is 134 Å². The van der Waals surface area contributed by atoms with Crippen molar-refractivity contribution in [2.75, 3.05) is 20.3 Å². The third-order valence-corrected chi connectivity index (χ3v) is 19.5. The van der Waals surface area contributed by atoms with Gasteiger partial charge in [0.25, 0.3) is 0 Å². The van der Waals surface area contributed by atoms with E-state index in [2.05, 4.69) is 54.5 Å². The van der Waals surface area contributed by atoms with Crippen molar-refractivity contribution in [1.29, 1.82) is 0 Å². The predicted molar refractivity (Wildman–Crippen MR) is 235 cm³/mol. The monoisotopic (exact) mass is 971 g/mol. The minimum atomic E-state index is -1.85. The number of carbonyl (C=O) groups is 2. The summed E-state index contributed by atoms with van der Waals surface area (Å²) in [6, 6.07) is 0. The van der Waals surface area contributed by atoms with Crippen LogP contribution in [-0.4, -0.2) is 182 Å². The van der Waals surface area contributed by atoms with Crippen molar-refractivity contribution in [3.63, 3.8) is 0 Å². The first kappa shape index (κ1) is 52.4. The molecule has 3 aliphatic heterocycles. The number of esters is 2. The van der Waals surface area contributed by atoms with Gasteiger partial charge in [-0.15, -0.1) is 0 Å². The van der Waals surface area contributed by atoms with Crippen LogP contribution in [0.5, 0.6) is 0 Å². The van der Waals surface area contributed by atoms with E-state index in [1.807, 2.05) is 0 Å². The summed E-state index contributed by atoms with van der Waals surface area (Å²) in [5.41, 5.74) is -0.878. The molecule has 0 radical (unpaired) electrons. The van der Waals surface area contributed by atoms with Gasteiger partial charge in [0.2, 0.25) is 6.29 Å². The van der Waals surface area contributed by atoms with Crippen LogP contribution in [0.1, 0.15) is 113 Å². The molecule has 0 spiro atoms. The van der Waals surface area contributed by atoms with Crippen LogP contribution in [0.3, 0.4) is 0 Å². The van der Waals surface area contributed by atoms with Crippen LogP contribution in [0.4, 0.5) is 0 Å². The molecule has 19 heteroatoms. The molecule has 8 rings (SSSR count). The van der Waals surface area contributed by atoms with E-state index in [1.54, 1.807) is 0 Å². The molecule has 0 aromatic carbocycles. The highest BCUT2D eigenvalue weighted by atomic mass is 16.7. The van der Waals surface area contributed by atoms with Gasteiger partial charge in [0, 0.05) is 0 Å². The van der Waals surface area contributed by atoms with Crippen molar-refractivity contribution in [3.8, 4) is 0 Å². The van der Waals surface area contributed by atoms with Crippen molar-refractivity contribution < 1.29 is 93.8 Å². The molecule has 388 valence electrons. The Hall–Kier alpha value is -1.92. The SMILES string of the molecule is COC(=O)[C@H]1O[C@@H](O[C@H]2CC[C@]3(C)[C@H]4CC=C5[C@@H]6CC(C)(C)CC[C@]6(C(=O)O[C@@H]6O[C@H](CO)[C@@H](O)[C@H](O)[C@H]6O)CC[C@@]5(C)[C@]4(C)CC[C@H]3C2(C)C)[C@H](O)[C@@H](O[C@@H]2O[C@H](CO)[C@H](O)[C@H](O)[C@H]2O)[C@@H]1O. The number of carbonyl (C=O) groups excluding carboxylic acids is 2. The summed E-state index contributed by atoms with van der Waals surface area (Å²) < 4.78 is 40.6. The van der Waals surface area contributed by atoms with Crippen molar-refractivity contribution in [2.24, 2.45) is 50.2 Å². The molecule has 3 saturated heterocycles. The summed E-state index contributed by atoms with van der Waals surface area (Å²) in [4.78, 5) is 27.7. The lowest BCUT2D eigenvalue weighted by atomic mass is 9.33. The van der Waals surface area contributed by atoms with Crippen LogP contribution in [0.25, 0.3) is 0 Å². The quantitative estimate of drug-likeness (QED) is 0.0846. The van der Waals surface area contributed by atoms with Crippen LogP contribution in [0, 0.1) is 50.2 Å². The van der Waals surface area contributed by atoms with Crippen LogP contribution in [-0.2, 0) is 42.7 Å². The molecule has 0 amide bonds. The zero-order valence-electron chi connectivity index (χ0n) is 40.7. The highest BCUT2D eigenvalue weighted by Crippen LogP contribution is 2.76. The predicted octanol–water partition coefficient (Wildman–Crippen LogP) is 0.321. The van der Waals surface area contributed by atoms with E-state index >= 15 is 0 Å². The Morgan fingerprint density at radius 3 is 1.85 bits per heavy atom. The van der Waals surface area contributed by atoms with E-state index in [4.69, 9.17) is 33.2 Å². The fourth-order valence-electron chi connectivity index (χ4n) is 15.1. The molecular formula is C49H78O19. The Morgan fingerprint density at radius 1 is 0.647 bits per heavy atom. The number of hydrogen-bond acceptors (Lipinski definition) is 19. The molecule has 23 atom stereocenters. The molecule has 0 aromatic heterocycles. The molecule has 8 aliphatic rings. The van der Waals surface area contributed by atoms with Gasteiger partial charge in [0.05, 0.1) is 31.8 Å². The smallest absolute Gasteiger partial charge is 0.337 e. The van der Waals surface area contributed by atoms with E-state index in [1.165, 1.54) is 5.57 Å². The van der Waals surface area contributed by atoms with Crippen LogP contribution in [0.15, 0.2) is 11.6 Å². The van der Waals surface area contributed by atoms with Crippen molar-refractivity contribution in [1.82, 2.24) is 0 Å². The summed E-state index contributed by atoms with van der Waals surface area (Å²) >= 11 is 0. The van der Waals surface area contributed by atoms with Gasteiger partial charge >= 0.3 is 11.9 Å². The molecule has 4 saturated carbocycles. The molecule has 0 bridgehead atoms. The average molecular weight is 971 g/mol. The van der Waals surface area contributed by atoms with Gasteiger partial charge in [-0.1, -0.05) is 60.1 Å².